The van der Waals surface area contributed by atoms with Crippen molar-refractivity contribution in [1.29, 1.82) is 0 Å². The van der Waals surface area contributed by atoms with Gasteiger partial charge in [0.15, 0.2) is 0 Å². The first-order valence-electron chi connectivity index (χ1n) is 2.93. The molecule has 0 aliphatic carbocycles. The van der Waals surface area contributed by atoms with Gasteiger partial charge in [-0.05, 0) is 13.0 Å². The Kier molecular flexibility index (Phi) is 17.8. The largest absolute Gasteiger partial charge is 0.396 e. The number of rotatable bonds is 5. The predicted octanol–water partition coefficient (Wildman–Crippen LogP) is -1.46. The van der Waals surface area contributed by atoms with Crippen LogP contribution in [0.2, 0.25) is 0 Å². The van der Waals surface area contributed by atoms with Crippen LogP contribution in [0.15, 0.2) is 0 Å². The molecule has 0 aliphatic rings. The van der Waals surface area contributed by atoms with Crippen molar-refractivity contribution in [3.63, 3.8) is 0 Å². The number of aliphatic hydroxyl groups excluding tert-OH is 1. The summed E-state index contributed by atoms with van der Waals surface area (Å²) in [5.74, 6) is 0. The zero-order valence-electron chi connectivity index (χ0n) is 6.06. The summed E-state index contributed by atoms with van der Waals surface area (Å²) in [5.41, 5.74) is 5.19. The van der Waals surface area contributed by atoms with E-state index in [0.29, 0.717) is 6.54 Å². The van der Waals surface area contributed by atoms with E-state index in [-0.39, 0.29) is 58.0 Å². The minimum absolute atomic E-state index is 0. The van der Waals surface area contributed by atoms with Crippen molar-refractivity contribution in [2.75, 3.05) is 26.2 Å². The monoisotopic (exact) mass is 157 g/mol. The molecule has 51 valence electrons. The van der Waals surface area contributed by atoms with Crippen LogP contribution < -0.4 is 11.1 Å². The minimum atomic E-state index is 0. The molecule has 0 aliphatic heterocycles. The number of hydrogen-bond donors (Lipinski definition) is 3. The van der Waals surface area contributed by atoms with Gasteiger partial charge in [0.05, 0.1) is 0 Å². The Morgan fingerprint density at radius 2 is 2.00 bits per heavy atom. The summed E-state index contributed by atoms with van der Waals surface area (Å²) in [5, 5.41) is 11.3. The third-order valence-electron chi connectivity index (χ3n) is 0.833. The maximum absolute atomic E-state index is 8.29. The molecule has 0 saturated carbocycles. The molecule has 0 rings (SSSR count). The van der Waals surface area contributed by atoms with Crippen molar-refractivity contribution in [2.45, 2.75) is 6.42 Å². The molecule has 4 heteroatoms. The zero-order valence-corrected chi connectivity index (χ0v) is 9.18. The summed E-state index contributed by atoms with van der Waals surface area (Å²) >= 11 is 0. The molecule has 9 heavy (non-hydrogen) atoms. The second-order valence-electron chi connectivity index (χ2n) is 1.62. The molecule has 0 heterocycles. The molecule has 0 aromatic carbocycles. The van der Waals surface area contributed by atoms with Crippen LogP contribution in [0.4, 0.5) is 0 Å². The van der Waals surface area contributed by atoms with E-state index in [1.807, 2.05) is 0 Å². The van der Waals surface area contributed by atoms with Crippen molar-refractivity contribution in [3.8, 4) is 0 Å². The Hall–Kier alpha value is 1.52. The molecule has 4 N–H and O–H groups in total. The maximum Gasteiger partial charge on any atom is 0.0443 e. The van der Waals surface area contributed by atoms with Crippen LogP contribution in [-0.4, -0.2) is 82.7 Å². The Morgan fingerprint density at radius 1 is 1.33 bits per heavy atom. The van der Waals surface area contributed by atoms with Crippen LogP contribution in [-0.2, 0) is 0 Å². The van der Waals surface area contributed by atoms with Crippen molar-refractivity contribution in [2.24, 2.45) is 5.73 Å². The van der Waals surface area contributed by atoms with Gasteiger partial charge in [-0.1, -0.05) is 0 Å². The molecule has 0 aromatic heterocycles. The topological polar surface area (TPSA) is 58.3 Å². The summed E-state index contributed by atoms with van der Waals surface area (Å²) in [4.78, 5) is 0. The Labute approximate surface area is 98.8 Å². The van der Waals surface area contributed by atoms with Gasteiger partial charge in [0.1, 0.15) is 0 Å². The van der Waals surface area contributed by atoms with Crippen LogP contribution >= 0.6 is 0 Å². The zero-order chi connectivity index (χ0) is 6.24. The summed E-state index contributed by atoms with van der Waals surface area (Å²) in [6, 6.07) is 0. The number of nitrogens with one attached hydrogen (secondary N) is 1. The fraction of sp³-hybridized carbons (Fsp3) is 1.00. The summed E-state index contributed by atoms with van der Waals surface area (Å²) in [7, 11) is 0. The summed E-state index contributed by atoms with van der Waals surface area (Å²) < 4.78 is 0. The van der Waals surface area contributed by atoms with Gasteiger partial charge in [0, 0.05) is 71.1 Å². The van der Waals surface area contributed by atoms with Gasteiger partial charge in [-0.15, -0.1) is 0 Å². The fourth-order valence-corrected chi connectivity index (χ4v) is 0.431. The smallest absolute Gasteiger partial charge is 0.0443 e. The van der Waals surface area contributed by atoms with E-state index < -0.39 is 0 Å². The van der Waals surface area contributed by atoms with Crippen LogP contribution in [0.5, 0.6) is 0 Å². The maximum atomic E-state index is 8.29. The van der Waals surface area contributed by atoms with Crippen LogP contribution in [0, 0.1) is 0 Å². The summed E-state index contributed by atoms with van der Waals surface area (Å²) in [6.45, 7) is 2.65. The number of aliphatic hydroxyl groups is 1. The number of hydrogen-bond acceptors (Lipinski definition) is 3. The SMILES string of the molecule is NCCNCCCO.[K]. The van der Waals surface area contributed by atoms with Crippen LogP contribution in [0.25, 0.3) is 0 Å². The molecular formula is C5H14KN2O. The van der Waals surface area contributed by atoms with Gasteiger partial charge < -0.3 is 16.2 Å². The predicted molar refractivity (Wildman–Crippen MR) is 39.4 cm³/mol. The van der Waals surface area contributed by atoms with Gasteiger partial charge in [-0.3, -0.25) is 0 Å². The first-order valence-corrected chi connectivity index (χ1v) is 2.93. The van der Waals surface area contributed by atoms with E-state index in [1.54, 1.807) is 0 Å². The molecule has 0 bridgehead atoms. The van der Waals surface area contributed by atoms with Crippen molar-refractivity contribution < 1.29 is 5.11 Å². The van der Waals surface area contributed by atoms with E-state index in [0.717, 1.165) is 19.5 Å². The Bertz CT molecular complexity index is 39.9. The van der Waals surface area contributed by atoms with E-state index >= 15 is 0 Å². The minimum Gasteiger partial charge on any atom is -0.396 e. The molecule has 0 unspecified atom stereocenters. The van der Waals surface area contributed by atoms with Crippen molar-refractivity contribution in [3.05, 3.63) is 0 Å². The average molecular weight is 157 g/mol. The molecule has 0 spiro atoms. The molecule has 0 amide bonds. The Balaban J connectivity index is 0. The van der Waals surface area contributed by atoms with E-state index in [4.69, 9.17) is 10.8 Å². The van der Waals surface area contributed by atoms with Crippen LogP contribution in [0.3, 0.4) is 0 Å². The molecule has 0 atom stereocenters. The molecule has 0 saturated heterocycles. The Morgan fingerprint density at radius 3 is 2.44 bits per heavy atom. The third kappa shape index (κ3) is 12.7. The third-order valence-corrected chi connectivity index (χ3v) is 0.833. The van der Waals surface area contributed by atoms with Crippen molar-refractivity contribution >= 4 is 51.4 Å². The van der Waals surface area contributed by atoms with Gasteiger partial charge in [0.25, 0.3) is 0 Å². The van der Waals surface area contributed by atoms with E-state index in [9.17, 15) is 0 Å². The quantitative estimate of drug-likeness (QED) is 0.337. The van der Waals surface area contributed by atoms with Gasteiger partial charge >= 0.3 is 0 Å². The van der Waals surface area contributed by atoms with Crippen molar-refractivity contribution in [1.82, 2.24) is 5.32 Å². The molecule has 0 aromatic rings. The second kappa shape index (κ2) is 12.2. The molecular weight excluding hydrogens is 143 g/mol. The standard InChI is InChI=1S/C5H14N2O.K/c6-2-4-7-3-1-5-8;/h7-8H,1-6H2;. The molecule has 1 radical (unpaired) electrons. The first-order chi connectivity index (χ1) is 3.91. The summed E-state index contributed by atoms with van der Waals surface area (Å²) in [6.07, 6.45) is 0.819. The fourth-order valence-electron chi connectivity index (χ4n) is 0.431. The van der Waals surface area contributed by atoms with Gasteiger partial charge in [0.2, 0.25) is 0 Å². The molecule has 3 nitrogen and oxygen atoms in total. The number of nitrogens with two attached hydrogens (primary N) is 1. The van der Waals surface area contributed by atoms with Gasteiger partial charge in [-0.25, -0.2) is 0 Å². The van der Waals surface area contributed by atoms with Gasteiger partial charge in [-0.2, -0.15) is 0 Å². The molecule has 0 fully saturated rings. The average Bonchev–Trinajstić information content (AvgIpc) is 1.81. The van der Waals surface area contributed by atoms with E-state index in [2.05, 4.69) is 5.32 Å². The normalized spacial score (nSPS) is 8.67. The van der Waals surface area contributed by atoms with E-state index in [1.165, 1.54) is 0 Å². The van der Waals surface area contributed by atoms with Crippen LogP contribution in [0.1, 0.15) is 6.42 Å². The second-order valence-corrected chi connectivity index (χ2v) is 1.62. The first kappa shape index (κ1) is 13.1.